The first-order chi connectivity index (χ1) is 20.0. The predicted molar refractivity (Wildman–Crippen MR) is 164 cm³/mol. The summed E-state index contributed by atoms with van der Waals surface area (Å²) in [7, 11) is 0. The third-order valence-corrected chi connectivity index (χ3v) is 8.97. The van der Waals surface area contributed by atoms with Gasteiger partial charge < -0.3 is 29.9 Å². The molecule has 0 atom stereocenters. The van der Waals surface area contributed by atoms with E-state index >= 15 is 0 Å². The Morgan fingerprint density at radius 1 is 0.902 bits per heavy atom. The Kier molecular flexibility index (Phi) is 8.46. The van der Waals surface area contributed by atoms with Crippen LogP contribution in [0.25, 0.3) is 10.2 Å². The van der Waals surface area contributed by atoms with E-state index in [2.05, 4.69) is 26.5 Å². The molecule has 2 aromatic heterocycles. The first-order valence-electron chi connectivity index (χ1n) is 13.6. The van der Waals surface area contributed by atoms with Crippen LogP contribution >= 0.6 is 23.1 Å². The number of rotatable bonds is 8. The third-order valence-electron chi connectivity index (χ3n) is 6.81. The first-order valence-corrected chi connectivity index (χ1v) is 15.4. The molecule has 2 fully saturated rings. The molecule has 0 spiro atoms. The van der Waals surface area contributed by atoms with E-state index in [0.717, 1.165) is 57.7 Å². The average molecular weight is 593 g/mol. The van der Waals surface area contributed by atoms with Gasteiger partial charge in [0.15, 0.2) is 4.34 Å². The number of carbonyl (C=O) groups excluding carboxylic acids is 1. The van der Waals surface area contributed by atoms with Crippen molar-refractivity contribution < 1.29 is 14.3 Å². The zero-order valence-electron chi connectivity index (χ0n) is 23.1. The fourth-order valence-corrected chi connectivity index (χ4v) is 6.57. The molecule has 6 rings (SSSR count). The van der Waals surface area contributed by atoms with Gasteiger partial charge in [-0.25, -0.2) is 4.98 Å². The molecule has 2 N–H and O–H groups in total. The van der Waals surface area contributed by atoms with Crippen LogP contribution in [0.2, 0.25) is 0 Å². The molecule has 0 saturated carbocycles. The van der Waals surface area contributed by atoms with Gasteiger partial charge in [0.05, 0.1) is 42.4 Å². The molecule has 0 bridgehead atoms. The van der Waals surface area contributed by atoms with Gasteiger partial charge in [-0.1, -0.05) is 29.5 Å². The molecule has 0 radical (unpaired) electrons. The second kappa shape index (κ2) is 12.6. The van der Waals surface area contributed by atoms with E-state index < -0.39 is 0 Å². The van der Waals surface area contributed by atoms with Crippen LogP contribution in [0.1, 0.15) is 11.1 Å². The van der Waals surface area contributed by atoms with Gasteiger partial charge in [-0.05, 0) is 43.7 Å². The standard InChI is InChI=1S/C28H32N8O3S2/c1-18-3-5-21(19(2)15-18)30-24(37)17-40-28-31-22-6-4-20(16-23(22)41-28)29-25-32-26(35-7-11-38-12-8-35)34-27(33-25)36-9-13-39-14-10-36/h3-6,15-16H,7-14,17H2,1-2H3,(H,30,37)(H,29,32,33,34). The van der Waals surface area contributed by atoms with Gasteiger partial charge in [-0.15, -0.1) is 11.3 Å². The molecule has 13 heteroatoms. The van der Waals surface area contributed by atoms with Crippen LogP contribution < -0.4 is 20.4 Å². The fraction of sp³-hybridized carbons (Fsp3) is 0.393. The maximum Gasteiger partial charge on any atom is 0.234 e. The highest BCUT2D eigenvalue weighted by atomic mass is 32.2. The molecule has 2 aliphatic heterocycles. The zero-order chi connectivity index (χ0) is 28.2. The summed E-state index contributed by atoms with van der Waals surface area (Å²) in [6.45, 7) is 9.59. The van der Waals surface area contributed by atoms with Crippen molar-refractivity contribution in [2.75, 3.05) is 78.8 Å². The second-order valence-electron chi connectivity index (χ2n) is 9.90. The minimum absolute atomic E-state index is 0.0504. The SMILES string of the molecule is Cc1ccc(NC(=O)CSc2nc3ccc(Nc4nc(N5CCOCC5)nc(N5CCOCC5)n4)cc3s2)c(C)c1. The smallest absolute Gasteiger partial charge is 0.234 e. The Morgan fingerprint density at radius 2 is 1.59 bits per heavy atom. The summed E-state index contributed by atoms with van der Waals surface area (Å²) in [6.07, 6.45) is 0. The molecule has 2 aliphatic rings. The topological polar surface area (TPSA) is 118 Å². The van der Waals surface area contributed by atoms with Crippen molar-refractivity contribution in [2.24, 2.45) is 0 Å². The molecule has 2 saturated heterocycles. The van der Waals surface area contributed by atoms with E-state index in [0.29, 0.717) is 44.3 Å². The van der Waals surface area contributed by atoms with Crippen molar-refractivity contribution >= 4 is 68.4 Å². The lowest BCUT2D eigenvalue weighted by Crippen LogP contribution is -2.40. The van der Waals surface area contributed by atoms with Gasteiger partial charge in [-0.2, -0.15) is 15.0 Å². The first kappa shape index (κ1) is 27.6. The van der Waals surface area contributed by atoms with Gasteiger partial charge in [0, 0.05) is 37.6 Å². The number of benzene rings is 2. The van der Waals surface area contributed by atoms with Crippen LogP contribution in [0.3, 0.4) is 0 Å². The number of anilines is 5. The van der Waals surface area contributed by atoms with Crippen LogP contribution in [0.15, 0.2) is 40.7 Å². The highest BCUT2D eigenvalue weighted by Crippen LogP contribution is 2.32. The fourth-order valence-electron chi connectivity index (χ4n) is 4.66. The number of amides is 1. The molecule has 11 nitrogen and oxygen atoms in total. The molecule has 4 heterocycles. The zero-order valence-corrected chi connectivity index (χ0v) is 24.7. The number of hydrogen-bond acceptors (Lipinski definition) is 12. The molecule has 4 aromatic rings. The molecule has 0 unspecified atom stereocenters. The number of thiazole rings is 1. The number of ether oxygens (including phenoxy) is 2. The molecule has 41 heavy (non-hydrogen) atoms. The quantitative estimate of drug-likeness (QED) is 0.286. The number of thioether (sulfide) groups is 1. The lowest BCUT2D eigenvalue weighted by molar-refractivity contribution is -0.113. The Labute approximate surface area is 246 Å². The lowest BCUT2D eigenvalue weighted by Gasteiger charge is -2.30. The van der Waals surface area contributed by atoms with Crippen molar-refractivity contribution in [3.63, 3.8) is 0 Å². The van der Waals surface area contributed by atoms with E-state index in [1.807, 2.05) is 44.2 Å². The summed E-state index contributed by atoms with van der Waals surface area (Å²) in [6, 6.07) is 12.0. The highest BCUT2D eigenvalue weighted by Gasteiger charge is 2.21. The number of nitrogens with one attached hydrogen (secondary N) is 2. The number of morpholine rings is 2. The molecule has 214 valence electrons. The molecule has 1 amide bonds. The van der Waals surface area contributed by atoms with Gasteiger partial charge in [0.2, 0.25) is 23.8 Å². The minimum Gasteiger partial charge on any atom is -0.378 e. The lowest BCUT2D eigenvalue weighted by atomic mass is 10.1. The minimum atomic E-state index is -0.0504. The summed E-state index contributed by atoms with van der Waals surface area (Å²) in [5, 5.41) is 6.38. The van der Waals surface area contributed by atoms with E-state index in [1.54, 1.807) is 11.3 Å². The van der Waals surface area contributed by atoms with Gasteiger partial charge in [0.1, 0.15) is 0 Å². The van der Waals surface area contributed by atoms with Crippen molar-refractivity contribution in [1.82, 2.24) is 19.9 Å². The van der Waals surface area contributed by atoms with Crippen molar-refractivity contribution in [1.29, 1.82) is 0 Å². The van der Waals surface area contributed by atoms with Crippen LogP contribution in [0.5, 0.6) is 0 Å². The number of nitrogens with zero attached hydrogens (tertiary/aromatic N) is 6. The van der Waals surface area contributed by atoms with Crippen LogP contribution in [-0.4, -0.2) is 84.2 Å². The number of fused-ring (bicyclic) bond motifs is 1. The summed E-state index contributed by atoms with van der Waals surface area (Å²) >= 11 is 3.00. The molecule has 0 aliphatic carbocycles. The van der Waals surface area contributed by atoms with E-state index in [1.165, 1.54) is 17.3 Å². The summed E-state index contributed by atoms with van der Waals surface area (Å²) in [4.78, 5) is 35.8. The van der Waals surface area contributed by atoms with Crippen molar-refractivity contribution in [3.8, 4) is 0 Å². The van der Waals surface area contributed by atoms with Gasteiger partial charge in [0.25, 0.3) is 0 Å². The van der Waals surface area contributed by atoms with Crippen LogP contribution in [0, 0.1) is 13.8 Å². The average Bonchev–Trinajstić information content (AvgIpc) is 3.41. The maximum absolute atomic E-state index is 12.6. The molecule has 2 aromatic carbocycles. The van der Waals surface area contributed by atoms with Crippen molar-refractivity contribution in [3.05, 3.63) is 47.5 Å². The summed E-state index contributed by atoms with van der Waals surface area (Å²) in [5.41, 5.74) is 4.81. The Morgan fingerprint density at radius 3 is 2.24 bits per heavy atom. The summed E-state index contributed by atoms with van der Waals surface area (Å²) < 4.78 is 12.9. The van der Waals surface area contributed by atoms with E-state index in [9.17, 15) is 4.79 Å². The van der Waals surface area contributed by atoms with Crippen molar-refractivity contribution in [2.45, 2.75) is 18.2 Å². The molecular weight excluding hydrogens is 560 g/mol. The third kappa shape index (κ3) is 6.87. The predicted octanol–water partition coefficient (Wildman–Crippen LogP) is 4.25. The van der Waals surface area contributed by atoms with Crippen LogP contribution in [-0.2, 0) is 14.3 Å². The number of aromatic nitrogens is 4. The molecular formula is C28H32N8O3S2. The largest absolute Gasteiger partial charge is 0.378 e. The summed E-state index contributed by atoms with van der Waals surface area (Å²) in [5.74, 6) is 2.01. The maximum atomic E-state index is 12.6. The van der Waals surface area contributed by atoms with Gasteiger partial charge >= 0.3 is 0 Å². The Bertz CT molecular complexity index is 1500. The monoisotopic (exact) mass is 592 g/mol. The number of aryl methyl sites for hydroxylation is 2. The van der Waals surface area contributed by atoms with E-state index in [4.69, 9.17) is 29.4 Å². The Balaban J connectivity index is 1.15. The van der Waals surface area contributed by atoms with Gasteiger partial charge in [-0.3, -0.25) is 4.79 Å². The van der Waals surface area contributed by atoms with Crippen LogP contribution in [0.4, 0.5) is 29.2 Å². The highest BCUT2D eigenvalue weighted by molar-refractivity contribution is 8.01. The van der Waals surface area contributed by atoms with E-state index in [-0.39, 0.29) is 11.7 Å². The normalized spacial score (nSPS) is 15.8. The second-order valence-corrected chi connectivity index (χ2v) is 12.2. The number of hydrogen-bond donors (Lipinski definition) is 2. The Hall–Kier alpha value is -3.52. The number of carbonyl (C=O) groups is 1.